The van der Waals surface area contributed by atoms with Gasteiger partial charge in [0.2, 0.25) is 10.0 Å². The van der Waals surface area contributed by atoms with E-state index in [1.165, 1.54) is 25.3 Å². The maximum atomic E-state index is 12.4. The fourth-order valence-electron chi connectivity index (χ4n) is 2.12. The van der Waals surface area contributed by atoms with E-state index in [4.69, 9.17) is 9.88 Å². The molecule has 2 aromatic rings. The summed E-state index contributed by atoms with van der Waals surface area (Å²) in [6, 6.07) is 11.6. The zero-order valence-electron chi connectivity index (χ0n) is 12.9. The summed E-state index contributed by atoms with van der Waals surface area (Å²) in [7, 11) is -2.49. The minimum absolute atomic E-state index is 0.118. The van der Waals surface area contributed by atoms with Gasteiger partial charge in [0.15, 0.2) is 0 Å². The molecule has 0 saturated heterocycles. The molecule has 0 unspecified atom stereocenters. The van der Waals surface area contributed by atoms with Crippen molar-refractivity contribution < 1.29 is 17.9 Å². The fourth-order valence-corrected chi connectivity index (χ4v) is 2.66. The number of ether oxygens (including phenoxy) is 1. The minimum atomic E-state index is -3.89. The Morgan fingerprint density at radius 2 is 1.91 bits per heavy atom. The average molecular weight is 334 g/mol. The Balaban J connectivity index is 2.26. The predicted molar refractivity (Wildman–Crippen MR) is 86.7 cm³/mol. The van der Waals surface area contributed by atoms with Gasteiger partial charge in [0.05, 0.1) is 17.6 Å². The number of carbonyl (C=O) groups excluding carboxylic acids is 1. The third-order valence-electron chi connectivity index (χ3n) is 3.44. The number of sulfonamides is 1. The molecule has 7 heteroatoms. The second-order valence-corrected chi connectivity index (χ2v) is 6.58. The summed E-state index contributed by atoms with van der Waals surface area (Å²) in [5, 5.41) is 7.86. The third-order valence-corrected chi connectivity index (χ3v) is 4.36. The maximum Gasteiger partial charge on any atom is 0.255 e. The van der Waals surface area contributed by atoms with Gasteiger partial charge in [-0.05, 0) is 36.2 Å². The van der Waals surface area contributed by atoms with Crippen molar-refractivity contribution in [1.29, 1.82) is 0 Å². The zero-order valence-corrected chi connectivity index (χ0v) is 13.7. The van der Waals surface area contributed by atoms with E-state index in [2.05, 4.69) is 5.32 Å². The lowest BCUT2D eigenvalue weighted by atomic mass is 10.1. The van der Waals surface area contributed by atoms with Gasteiger partial charge in [-0.15, -0.1) is 0 Å². The van der Waals surface area contributed by atoms with E-state index in [0.29, 0.717) is 6.54 Å². The molecule has 0 heterocycles. The Morgan fingerprint density at radius 3 is 2.52 bits per heavy atom. The normalized spacial score (nSPS) is 11.1. The van der Waals surface area contributed by atoms with Crippen LogP contribution in [0.25, 0.3) is 0 Å². The van der Waals surface area contributed by atoms with Crippen LogP contribution >= 0.6 is 0 Å². The molecule has 2 aromatic carbocycles. The molecule has 0 spiro atoms. The molecule has 1 amide bonds. The van der Waals surface area contributed by atoms with Gasteiger partial charge in [-0.2, -0.15) is 0 Å². The number of carbonyl (C=O) groups is 1. The number of primary sulfonamides is 1. The van der Waals surface area contributed by atoms with Crippen LogP contribution in [-0.4, -0.2) is 21.4 Å². The molecule has 0 atom stereocenters. The second kappa shape index (κ2) is 6.80. The van der Waals surface area contributed by atoms with Gasteiger partial charge in [-0.1, -0.05) is 24.3 Å². The van der Waals surface area contributed by atoms with Crippen LogP contribution in [0.4, 0.5) is 0 Å². The van der Waals surface area contributed by atoms with Crippen LogP contribution in [0.3, 0.4) is 0 Å². The minimum Gasteiger partial charge on any atom is -0.496 e. The first-order valence-electron chi connectivity index (χ1n) is 6.86. The zero-order chi connectivity index (χ0) is 17.0. The smallest absolute Gasteiger partial charge is 0.255 e. The number of amides is 1. The highest BCUT2D eigenvalue weighted by Crippen LogP contribution is 2.22. The molecule has 0 aliphatic carbocycles. The molecule has 122 valence electrons. The Labute approximate surface area is 135 Å². The molecule has 0 aliphatic rings. The number of benzene rings is 2. The highest BCUT2D eigenvalue weighted by Gasteiger charge is 2.17. The number of nitrogens with two attached hydrogens (primary N) is 1. The number of rotatable bonds is 5. The molecule has 3 N–H and O–H groups in total. The Hall–Kier alpha value is -2.38. The molecule has 0 fully saturated rings. The van der Waals surface area contributed by atoms with Crippen molar-refractivity contribution >= 4 is 15.9 Å². The fraction of sp³-hybridized carbons (Fsp3) is 0.188. The molecule has 0 saturated carbocycles. The lowest BCUT2D eigenvalue weighted by Crippen LogP contribution is -2.24. The average Bonchev–Trinajstić information content (AvgIpc) is 2.52. The molecular formula is C16H18N2O4S. The molecule has 0 aliphatic heterocycles. The highest BCUT2D eigenvalue weighted by atomic mass is 32.2. The summed E-state index contributed by atoms with van der Waals surface area (Å²) < 4.78 is 28.0. The number of aryl methyl sites for hydroxylation is 1. The SMILES string of the molecule is COc1ccc(S(N)(=O)=O)cc1C(=O)NCc1ccccc1C. The van der Waals surface area contributed by atoms with Crippen LogP contribution in [-0.2, 0) is 16.6 Å². The summed E-state index contributed by atoms with van der Waals surface area (Å²) in [6.07, 6.45) is 0. The first-order valence-corrected chi connectivity index (χ1v) is 8.41. The summed E-state index contributed by atoms with van der Waals surface area (Å²) in [6.45, 7) is 2.28. The van der Waals surface area contributed by atoms with Gasteiger partial charge in [0.25, 0.3) is 5.91 Å². The van der Waals surface area contributed by atoms with Gasteiger partial charge in [-0.25, -0.2) is 13.6 Å². The van der Waals surface area contributed by atoms with Gasteiger partial charge < -0.3 is 10.1 Å². The Morgan fingerprint density at radius 1 is 1.22 bits per heavy atom. The summed E-state index contributed by atoms with van der Waals surface area (Å²) in [5.41, 5.74) is 2.15. The van der Waals surface area contributed by atoms with Crippen molar-refractivity contribution in [2.75, 3.05) is 7.11 Å². The quantitative estimate of drug-likeness (QED) is 0.867. The molecule has 0 radical (unpaired) electrons. The van der Waals surface area contributed by atoms with Gasteiger partial charge >= 0.3 is 0 Å². The largest absolute Gasteiger partial charge is 0.496 e. The standard InChI is InChI=1S/C16H18N2O4S/c1-11-5-3-4-6-12(11)10-18-16(19)14-9-13(23(17,20)21)7-8-15(14)22-2/h3-9H,10H2,1-2H3,(H,18,19)(H2,17,20,21). The predicted octanol–water partition coefficient (Wildman–Crippen LogP) is 1.58. The second-order valence-electron chi connectivity index (χ2n) is 5.02. The molecule has 23 heavy (non-hydrogen) atoms. The number of nitrogens with one attached hydrogen (secondary N) is 1. The van der Waals surface area contributed by atoms with Gasteiger partial charge in [-0.3, -0.25) is 4.79 Å². The first kappa shape index (κ1) is 17.0. The van der Waals surface area contributed by atoms with Crippen molar-refractivity contribution in [3.8, 4) is 5.75 Å². The highest BCUT2D eigenvalue weighted by molar-refractivity contribution is 7.89. The van der Waals surface area contributed by atoms with E-state index < -0.39 is 15.9 Å². The lowest BCUT2D eigenvalue weighted by Gasteiger charge is -2.11. The van der Waals surface area contributed by atoms with Crippen LogP contribution < -0.4 is 15.2 Å². The summed E-state index contributed by atoms with van der Waals surface area (Å²) in [4.78, 5) is 12.2. The first-order chi connectivity index (χ1) is 10.8. The molecule has 6 nitrogen and oxygen atoms in total. The van der Waals surface area contributed by atoms with E-state index in [-0.39, 0.29) is 16.2 Å². The molecular weight excluding hydrogens is 316 g/mol. The monoisotopic (exact) mass is 334 g/mol. The van der Waals surface area contributed by atoms with Crippen molar-refractivity contribution in [3.63, 3.8) is 0 Å². The van der Waals surface area contributed by atoms with E-state index in [0.717, 1.165) is 11.1 Å². The topological polar surface area (TPSA) is 98.5 Å². The van der Waals surface area contributed by atoms with E-state index >= 15 is 0 Å². The van der Waals surface area contributed by atoms with Crippen molar-refractivity contribution in [1.82, 2.24) is 5.32 Å². The molecule has 0 bridgehead atoms. The van der Waals surface area contributed by atoms with Crippen LogP contribution in [0.5, 0.6) is 5.75 Å². The summed E-state index contributed by atoms with van der Waals surface area (Å²) >= 11 is 0. The van der Waals surface area contributed by atoms with Crippen LogP contribution in [0.1, 0.15) is 21.5 Å². The molecule has 0 aromatic heterocycles. The number of hydrogen-bond acceptors (Lipinski definition) is 4. The third kappa shape index (κ3) is 4.08. The van der Waals surface area contributed by atoms with Crippen LogP contribution in [0.15, 0.2) is 47.4 Å². The summed E-state index contributed by atoms with van der Waals surface area (Å²) in [5.74, 6) is -0.157. The number of methoxy groups -OCH3 is 1. The van der Waals surface area contributed by atoms with Crippen LogP contribution in [0.2, 0.25) is 0 Å². The van der Waals surface area contributed by atoms with E-state index in [1.54, 1.807) is 0 Å². The van der Waals surface area contributed by atoms with Crippen molar-refractivity contribution in [2.24, 2.45) is 5.14 Å². The van der Waals surface area contributed by atoms with Gasteiger partial charge in [0, 0.05) is 6.54 Å². The maximum absolute atomic E-state index is 12.4. The number of hydrogen-bond donors (Lipinski definition) is 2. The van der Waals surface area contributed by atoms with Crippen molar-refractivity contribution in [3.05, 3.63) is 59.2 Å². The Kier molecular flexibility index (Phi) is 5.02. The molecule has 2 rings (SSSR count). The van der Waals surface area contributed by atoms with E-state index in [9.17, 15) is 13.2 Å². The van der Waals surface area contributed by atoms with E-state index in [1.807, 2.05) is 31.2 Å². The Bertz CT molecular complexity index is 832. The lowest BCUT2D eigenvalue weighted by molar-refractivity contribution is 0.0947. The van der Waals surface area contributed by atoms with Crippen molar-refractivity contribution in [2.45, 2.75) is 18.4 Å². The van der Waals surface area contributed by atoms with Gasteiger partial charge in [0.1, 0.15) is 5.75 Å². The van der Waals surface area contributed by atoms with Crippen LogP contribution in [0, 0.1) is 6.92 Å².